The number of hydrogen-bond acceptors (Lipinski definition) is 1. The average Bonchev–Trinajstić information content (AvgIpc) is 2.32. The first-order valence-electron chi connectivity index (χ1n) is 7.32. The molecule has 0 heterocycles. The van der Waals surface area contributed by atoms with E-state index in [9.17, 15) is 0 Å². The van der Waals surface area contributed by atoms with Crippen molar-refractivity contribution in [2.75, 3.05) is 0 Å². The molecule has 2 unspecified atom stereocenters. The summed E-state index contributed by atoms with van der Waals surface area (Å²) in [5.41, 5.74) is 3.59. The van der Waals surface area contributed by atoms with Crippen LogP contribution in [0.1, 0.15) is 49.8 Å². The van der Waals surface area contributed by atoms with Gasteiger partial charge in [0.15, 0.2) is 0 Å². The number of rotatable bonds is 3. The molecule has 1 saturated carbocycles. The third kappa shape index (κ3) is 3.66. The van der Waals surface area contributed by atoms with Crippen molar-refractivity contribution in [1.82, 2.24) is 0 Å². The van der Waals surface area contributed by atoms with E-state index in [-0.39, 0.29) is 0 Å². The van der Waals surface area contributed by atoms with Gasteiger partial charge in [-0.25, -0.2) is 0 Å². The van der Waals surface area contributed by atoms with E-state index in [0.717, 1.165) is 17.6 Å². The maximum absolute atomic E-state index is 6.31. The Balaban J connectivity index is 2.14. The number of hydrogen-bond donors (Lipinski definition) is 0. The van der Waals surface area contributed by atoms with Crippen LogP contribution >= 0.6 is 11.6 Å². The first-order valence-corrected chi connectivity index (χ1v) is 7.85. The van der Waals surface area contributed by atoms with Gasteiger partial charge in [0.1, 0.15) is 5.75 Å². The minimum absolute atomic E-state index is 0.373. The lowest BCUT2D eigenvalue weighted by Gasteiger charge is -2.32. The number of benzene rings is 1. The highest BCUT2D eigenvalue weighted by molar-refractivity contribution is 6.17. The number of aryl methyl sites for hydroxylation is 2. The van der Waals surface area contributed by atoms with Gasteiger partial charge < -0.3 is 4.74 Å². The fourth-order valence-corrected chi connectivity index (χ4v) is 3.59. The van der Waals surface area contributed by atoms with Gasteiger partial charge in [-0.1, -0.05) is 26.0 Å². The Hall–Kier alpha value is -0.690. The molecule has 0 radical (unpaired) electrons. The van der Waals surface area contributed by atoms with Crippen LogP contribution in [0.25, 0.3) is 0 Å². The monoisotopic (exact) mass is 280 g/mol. The van der Waals surface area contributed by atoms with Gasteiger partial charge in [-0.2, -0.15) is 0 Å². The standard InChI is InChI=1S/C17H25ClO/c1-11-5-12(2)7-16(6-11)19-17-13(3)8-15(10-18)9-14(17)4/h8-9,11-12,16H,5-7,10H2,1-4H3. The number of alkyl halides is 1. The third-order valence-electron chi connectivity index (χ3n) is 4.09. The summed E-state index contributed by atoms with van der Waals surface area (Å²) in [6, 6.07) is 4.29. The van der Waals surface area contributed by atoms with Crippen molar-refractivity contribution in [3.63, 3.8) is 0 Å². The lowest BCUT2D eigenvalue weighted by atomic mass is 9.81. The zero-order chi connectivity index (χ0) is 14.0. The smallest absolute Gasteiger partial charge is 0.125 e. The Kier molecular flexibility index (Phi) is 4.78. The molecule has 1 aromatic rings. The molecule has 2 rings (SSSR count). The molecule has 0 bridgehead atoms. The Bertz CT molecular complexity index is 408. The van der Waals surface area contributed by atoms with E-state index in [4.69, 9.17) is 16.3 Å². The largest absolute Gasteiger partial charge is 0.490 e. The van der Waals surface area contributed by atoms with Gasteiger partial charge in [0, 0.05) is 5.88 Å². The molecule has 0 saturated heterocycles. The summed E-state index contributed by atoms with van der Waals surface area (Å²) in [6.07, 6.45) is 4.07. The molecule has 106 valence electrons. The predicted octanol–water partition coefficient (Wildman–Crippen LogP) is 5.25. The fraction of sp³-hybridized carbons (Fsp3) is 0.647. The summed E-state index contributed by atoms with van der Waals surface area (Å²) in [5.74, 6) is 3.19. The quantitative estimate of drug-likeness (QED) is 0.688. The Morgan fingerprint density at radius 3 is 2.05 bits per heavy atom. The highest BCUT2D eigenvalue weighted by atomic mass is 35.5. The molecule has 0 N–H and O–H groups in total. The van der Waals surface area contributed by atoms with Gasteiger partial charge in [-0.3, -0.25) is 0 Å². The number of ether oxygens (including phenoxy) is 1. The molecular weight excluding hydrogens is 256 g/mol. The zero-order valence-corrected chi connectivity index (χ0v) is 13.3. The van der Waals surface area contributed by atoms with Gasteiger partial charge in [0.2, 0.25) is 0 Å². The minimum Gasteiger partial charge on any atom is -0.490 e. The van der Waals surface area contributed by atoms with Crippen molar-refractivity contribution in [2.24, 2.45) is 11.8 Å². The Morgan fingerprint density at radius 1 is 1.05 bits per heavy atom. The van der Waals surface area contributed by atoms with Crippen LogP contribution in [0.4, 0.5) is 0 Å². The van der Waals surface area contributed by atoms with Crippen molar-refractivity contribution in [3.05, 3.63) is 28.8 Å². The molecule has 1 aliphatic carbocycles. The molecule has 1 aromatic carbocycles. The fourth-order valence-electron chi connectivity index (χ4n) is 3.44. The van der Waals surface area contributed by atoms with E-state index in [1.807, 2.05) is 0 Å². The summed E-state index contributed by atoms with van der Waals surface area (Å²) < 4.78 is 6.31. The van der Waals surface area contributed by atoms with Gasteiger partial charge in [-0.15, -0.1) is 11.6 Å². The van der Waals surface area contributed by atoms with Gasteiger partial charge >= 0.3 is 0 Å². The van der Waals surface area contributed by atoms with Crippen LogP contribution in [-0.2, 0) is 5.88 Å². The van der Waals surface area contributed by atoms with Crippen LogP contribution < -0.4 is 4.74 Å². The lowest BCUT2D eigenvalue weighted by Crippen LogP contribution is -2.29. The van der Waals surface area contributed by atoms with E-state index < -0.39 is 0 Å². The summed E-state index contributed by atoms with van der Waals surface area (Å²) in [4.78, 5) is 0. The summed E-state index contributed by atoms with van der Waals surface area (Å²) >= 11 is 5.91. The van der Waals surface area contributed by atoms with Crippen molar-refractivity contribution in [3.8, 4) is 5.75 Å². The van der Waals surface area contributed by atoms with Crippen molar-refractivity contribution in [1.29, 1.82) is 0 Å². The SMILES string of the molecule is Cc1cc(CCl)cc(C)c1OC1CC(C)CC(C)C1. The molecule has 1 nitrogen and oxygen atoms in total. The highest BCUT2D eigenvalue weighted by Gasteiger charge is 2.26. The second kappa shape index (κ2) is 6.17. The number of halogens is 1. The summed E-state index contributed by atoms with van der Waals surface area (Å²) in [7, 11) is 0. The maximum Gasteiger partial charge on any atom is 0.125 e. The predicted molar refractivity (Wildman–Crippen MR) is 82.1 cm³/mol. The van der Waals surface area contributed by atoms with Crippen molar-refractivity contribution >= 4 is 11.6 Å². The molecule has 19 heavy (non-hydrogen) atoms. The van der Waals surface area contributed by atoms with Gasteiger partial charge in [0.05, 0.1) is 6.10 Å². The third-order valence-corrected chi connectivity index (χ3v) is 4.40. The first-order chi connectivity index (χ1) is 8.99. The van der Waals surface area contributed by atoms with E-state index in [0.29, 0.717) is 12.0 Å². The van der Waals surface area contributed by atoms with Gasteiger partial charge in [0.25, 0.3) is 0 Å². The molecular formula is C17H25ClO. The van der Waals surface area contributed by atoms with Crippen LogP contribution in [0.2, 0.25) is 0 Å². The van der Waals surface area contributed by atoms with E-state index in [2.05, 4.69) is 39.8 Å². The van der Waals surface area contributed by atoms with E-state index >= 15 is 0 Å². The lowest BCUT2D eigenvalue weighted by molar-refractivity contribution is 0.0996. The zero-order valence-electron chi connectivity index (χ0n) is 12.5. The Labute approximate surface area is 122 Å². The van der Waals surface area contributed by atoms with E-state index in [1.54, 1.807) is 0 Å². The van der Waals surface area contributed by atoms with Crippen molar-refractivity contribution in [2.45, 2.75) is 58.9 Å². The highest BCUT2D eigenvalue weighted by Crippen LogP contribution is 2.34. The molecule has 1 aliphatic rings. The second-order valence-electron chi connectivity index (χ2n) is 6.35. The van der Waals surface area contributed by atoms with Crippen LogP contribution in [-0.4, -0.2) is 6.10 Å². The van der Waals surface area contributed by atoms with Gasteiger partial charge in [-0.05, 0) is 61.6 Å². The van der Waals surface area contributed by atoms with Crippen LogP contribution in [0, 0.1) is 25.7 Å². The summed E-state index contributed by atoms with van der Waals surface area (Å²) in [6.45, 7) is 8.91. The van der Waals surface area contributed by atoms with Crippen LogP contribution in [0.15, 0.2) is 12.1 Å². The molecule has 0 amide bonds. The summed E-state index contributed by atoms with van der Waals surface area (Å²) in [5, 5.41) is 0. The van der Waals surface area contributed by atoms with Crippen LogP contribution in [0.3, 0.4) is 0 Å². The van der Waals surface area contributed by atoms with Crippen molar-refractivity contribution < 1.29 is 4.74 Å². The average molecular weight is 281 g/mol. The molecule has 1 fully saturated rings. The first kappa shape index (κ1) is 14.7. The molecule has 2 atom stereocenters. The second-order valence-corrected chi connectivity index (χ2v) is 6.62. The van der Waals surface area contributed by atoms with Crippen LogP contribution in [0.5, 0.6) is 5.75 Å². The molecule has 0 aromatic heterocycles. The topological polar surface area (TPSA) is 9.23 Å². The molecule has 2 heteroatoms. The van der Waals surface area contributed by atoms with E-state index in [1.165, 1.54) is 36.0 Å². The molecule has 0 aliphatic heterocycles. The normalized spacial score (nSPS) is 27.3. The maximum atomic E-state index is 6.31. The Morgan fingerprint density at radius 2 is 1.58 bits per heavy atom. The minimum atomic E-state index is 0.373. The molecule has 0 spiro atoms.